The number of likely N-dealkylation sites (tertiary alicyclic amines) is 2. The lowest BCUT2D eigenvalue weighted by atomic mass is 9.77. The molecule has 2 saturated heterocycles. The van der Waals surface area contributed by atoms with Crippen molar-refractivity contribution in [3.8, 4) is 0 Å². The number of fused-ring (bicyclic) bond motifs is 1. The predicted molar refractivity (Wildman–Crippen MR) is 120 cm³/mol. The summed E-state index contributed by atoms with van der Waals surface area (Å²) in [5.74, 6) is -2.46. The molecule has 0 saturated carbocycles. The average Bonchev–Trinajstić information content (AvgIpc) is 3.08. The number of halogens is 3. The summed E-state index contributed by atoms with van der Waals surface area (Å²) in [6, 6.07) is 13.9. The Bertz CT molecular complexity index is 1050. The van der Waals surface area contributed by atoms with Gasteiger partial charge in [-0.15, -0.1) is 0 Å². The van der Waals surface area contributed by atoms with Gasteiger partial charge in [-0.05, 0) is 55.3 Å². The Balaban J connectivity index is 0.000000406. The summed E-state index contributed by atoms with van der Waals surface area (Å²) in [5, 5.41) is 12.4. The van der Waals surface area contributed by atoms with E-state index in [0.717, 1.165) is 56.2 Å². The van der Waals surface area contributed by atoms with Gasteiger partial charge in [-0.1, -0.05) is 30.3 Å². The van der Waals surface area contributed by atoms with Crippen LogP contribution in [0.5, 0.6) is 0 Å². The molecular formula is C24H28F3N3O4. The second-order valence-corrected chi connectivity index (χ2v) is 8.72. The van der Waals surface area contributed by atoms with E-state index in [9.17, 15) is 22.8 Å². The Labute approximate surface area is 195 Å². The van der Waals surface area contributed by atoms with E-state index in [2.05, 4.69) is 10.2 Å². The number of alkyl halides is 3. The average molecular weight is 479 g/mol. The van der Waals surface area contributed by atoms with Crippen molar-refractivity contribution in [3.05, 3.63) is 48.0 Å². The molecule has 10 heteroatoms. The summed E-state index contributed by atoms with van der Waals surface area (Å²) >= 11 is 0. The zero-order valence-corrected chi connectivity index (χ0v) is 18.9. The molecule has 0 aliphatic carbocycles. The molecule has 0 atom stereocenters. The summed E-state index contributed by atoms with van der Waals surface area (Å²) in [6.07, 6.45) is -2.21. The van der Waals surface area contributed by atoms with E-state index in [1.807, 2.05) is 54.4 Å². The number of carboxylic acids is 1. The summed E-state index contributed by atoms with van der Waals surface area (Å²) in [7, 11) is 1.91. The first-order valence-corrected chi connectivity index (χ1v) is 11.1. The second-order valence-electron chi connectivity index (χ2n) is 8.72. The molecular weight excluding hydrogens is 451 g/mol. The topological polar surface area (TPSA) is 90.0 Å². The first kappa shape index (κ1) is 25.5. The van der Waals surface area contributed by atoms with E-state index in [4.69, 9.17) is 9.90 Å². The van der Waals surface area contributed by atoms with Gasteiger partial charge in [-0.2, -0.15) is 13.2 Å². The number of nitrogens with zero attached hydrogens (tertiary/aromatic N) is 2. The standard InChI is InChI=1S/C22H27N3O2.C2HF3O2/c1-24-12-8-22(21(24)27)9-13-25(14-10-22)15-11-23-20(26)19-7-6-17-4-2-3-5-18(17)16-19;3-2(4,5)1(6)7/h2-7,16H,8-15H2,1H3,(H,23,26);(H,6,7). The van der Waals surface area contributed by atoms with E-state index >= 15 is 0 Å². The number of hydrogen-bond donors (Lipinski definition) is 2. The highest BCUT2D eigenvalue weighted by molar-refractivity contribution is 5.98. The Morgan fingerprint density at radius 2 is 1.62 bits per heavy atom. The van der Waals surface area contributed by atoms with Crippen molar-refractivity contribution >= 4 is 28.6 Å². The molecule has 2 fully saturated rings. The van der Waals surface area contributed by atoms with Gasteiger partial charge in [0, 0.05) is 32.2 Å². The number of amides is 2. The zero-order chi connectivity index (χ0) is 24.9. The fraction of sp³-hybridized carbons (Fsp3) is 0.458. The van der Waals surface area contributed by atoms with Crippen molar-refractivity contribution in [1.82, 2.24) is 15.1 Å². The third-order valence-corrected chi connectivity index (χ3v) is 6.51. The van der Waals surface area contributed by atoms with E-state index in [1.165, 1.54) is 0 Å². The first-order chi connectivity index (χ1) is 16.0. The van der Waals surface area contributed by atoms with Gasteiger partial charge >= 0.3 is 12.1 Å². The molecule has 0 bridgehead atoms. The third-order valence-electron chi connectivity index (χ3n) is 6.51. The molecule has 2 amide bonds. The molecule has 34 heavy (non-hydrogen) atoms. The Morgan fingerprint density at radius 1 is 1.03 bits per heavy atom. The van der Waals surface area contributed by atoms with Crippen LogP contribution in [-0.2, 0) is 9.59 Å². The second kappa shape index (κ2) is 10.4. The molecule has 7 nitrogen and oxygen atoms in total. The maximum absolute atomic E-state index is 12.4. The van der Waals surface area contributed by atoms with Crippen LogP contribution in [-0.4, -0.2) is 78.6 Å². The van der Waals surface area contributed by atoms with Crippen LogP contribution in [0, 0.1) is 5.41 Å². The zero-order valence-electron chi connectivity index (χ0n) is 18.9. The first-order valence-electron chi connectivity index (χ1n) is 11.1. The van der Waals surface area contributed by atoms with Crippen LogP contribution in [0.15, 0.2) is 42.5 Å². The van der Waals surface area contributed by atoms with Crippen molar-refractivity contribution in [3.63, 3.8) is 0 Å². The lowest BCUT2D eigenvalue weighted by molar-refractivity contribution is -0.192. The molecule has 2 heterocycles. The third kappa shape index (κ3) is 6.05. The highest BCUT2D eigenvalue weighted by Crippen LogP contribution is 2.40. The van der Waals surface area contributed by atoms with Crippen LogP contribution in [0.25, 0.3) is 10.8 Å². The number of carboxylic acid groups (broad SMARTS) is 1. The minimum absolute atomic E-state index is 0.0261. The van der Waals surface area contributed by atoms with E-state index in [1.54, 1.807) is 0 Å². The Kier molecular flexibility index (Phi) is 7.81. The van der Waals surface area contributed by atoms with Crippen LogP contribution in [0.4, 0.5) is 13.2 Å². The minimum atomic E-state index is -5.08. The molecule has 2 aliphatic heterocycles. The summed E-state index contributed by atoms with van der Waals surface area (Å²) in [4.78, 5) is 38.0. The predicted octanol–water partition coefficient (Wildman–Crippen LogP) is 3.15. The number of piperidine rings is 1. The molecule has 0 unspecified atom stereocenters. The van der Waals surface area contributed by atoms with E-state index in [-0.39, 0.29) is 11.3 Å². The van der Waals surface area contributed by atoms with Crippen LogP contribution < -0.4 is 5.32 Å². The van der Waals surface area contributed by atoms with Gasteiger partial charge in [-0.3, -0.25) is 9.59 Å². The number of benzene rings is 2. The van der Waals surface area contributed by atoms with E-state index < -0.39 is 12.1 Å². The summed E-state index contributed by atoms with van der Waals surface area (Å²) < 4.78 is 31.7. The Morgan fingerprint density at radius 3 is 2.18 bits per heavy atom. The quantitative estimate of drug-likeness (QED) is 0.703. The highest BCUT2D eigenvalue weighted by Gasteiger charge is 2.46. The smallest absolute Gasteiger partial charge is 0.475 e. The van der Waals surface area contributed by atoms with Gasteiger partial charge in [0.2, 0.25) is 5.91 Å². The van der Waals surface area contributed by atoms with Gasteiger partial charge in [0.1, 0.15) is 0 Å². The van der Waals surface area contributed by atoms with Gasteiger partial charge < -0.3 is 20.2 Å². The lowest BCUT2D eigenvalue weighted by Crippen LogP contribution is -2.46. The highest BCUT2D eigenvalue weighted by atomic mass is 19.4. The molecule has 2 N–H and O–H groups in total. The largest absolute Gasteiger partial charge is 0.490 e. The van der Waals surface area contributed by atoms with Crippen molar-refractivity contribution < 1.29 is 32.7 Å². The van der Waals surface area contributed by atoms with Gasteiger partial charge in [0.05, 0.1) is 5.41 Å². The van der Waals surface area contributed by atoms with Crippen LogP contribution in [0.2, 0.25) is 0 Å². The molecule has 4 rings (SSSR count). The molecule has 2 aromatic carbocycles. The number of rotatable bonds is 4. The molecule has 1 spiro atoms. The van der Waals surface area contributed by atoms with Crippen molar-refractivity contribution in [2.75, 3.05) is 39.8 Å². The summed E-state index contributed by atoms with van der Waals surface area (Å²) in [5.41, 5.74) is 0.588. The molecule has 2 aliphatic rings. The monoisotopic (exact) mass is 479 g/mol. The van der Waals surface area contributed by atoms with Crippen LogP contribution in [0.1, 0.15) is 29.6 Å². The number of carbonyl (C=O) groups excluding carboxylic acids is 2. The van der Waals surface area contributed by atoms with Crippen molar-refractivity contribution in [2.24, 2.45) is 5.41 Å². The minimum Gasteiger partial charge on any atom is -0.475 e. The van der Waals surface area contributed by atoms with Crippen LogP contribution in [0.3, 0.4) is 0 Å². The normalized spacial score (nSPS) is 18.0. The SMILES string of the molecule is CN1CCC2(CCN(CCNC(=O)c3ccc4ccccc4c3)CC2)C1=O.O=C(O)C(F)(F)F. The Hall–Kier alpha value is -3.14. The molecule has 0 radical (unpaired) electrons. The maximum atomic E-state index is 12.4. The summed E-state index contributed by atoms with van der Waals surface area (Å²) in [6.45, 7) is 4.23. The number of carbonyl (C=O) groups is 3. The fourth-order valence-electron chi connectivity index (χ4n) is 4.42. The molecule has 2 aromatic rings. The number of aliphatic carboxylic acids is 1. The van der Waals surface area contributed by atoms with Gasteiger partial charge in [0.15, 0.2) is 0 Å². The van der Waals surface area contributed by atoms with Gasteiger partial charge in [-0.25, -0.2) is 4.79 Å². The molecule has 184 valence electrons. The molecule has 0 aromatic heterocycles. The lowest BCUT2D eigenvalue weighted by Gasteiger charge is -2.37. The van der Waals surface area contributed by atoms with Crippen molar-refractivity contribution in [2.45, 2.75) is 25.4 Å². The number of hydrogen-bond acceptors (Lipinski definition) is 4. The van der Waals surface area contributed by atoms with Gasteiger partial charge in [0.25, 0.3) is 5.91 Å². The maximum Gasteiger partial charge on any atom is 0.490 e. The fourth-order valence-corrected chi connectivity index (χ4v) is 4.42. The van der Waals surface area contributed by atoms with Crippen LogP contribution >= 0.6 is 0 Å². The number of nitrogens with one attached hydrogen (secondary N) is 1. The van der Waals surface area contributed by atoms with Crippen molar-refractivity contribution in [1.29, 1.82) is 0 Å². The van der Waals surface area contributed by atoms with E-state index in [0.29, 0.717) is 18.0 Å².